The molecule has 2 rings (SSSR count). The van der Waals surface area contributed by atoms with Crippen LogP contribution in [0.15, 0.2) is 40.9 Å². The number of hydrogen-bond donors (Lipinski definition) is 1. The van der Waals surface area contributed by atoms with E-state index < -0.39 is 0 Å². The smallest absolute Gasteiger partial charge is 0.131 e. The third-order valence-corrected chi connectivity index (χ3v) is 3.58. The SMILES string of the molecule is COc1ccc(CNc2cc(Cl)ccc2Br)c(F)c1. The highest BCUT2D eigenvalue weighted by molar-refractivity contribution is 9.10. The molecule has 0 heterocycles. The molecule has 0 saturated heterocycles. The fourth-order valence-corrected chi connectivity index (χ4v) is 2.18. The highest BCUT2D eigenvalue weighted by Gasteiger charge is 2.05. The molecule has 2 aromatic rings. The van der Waals surface area contributed by atoms with Crippen LogP contribution in [0.2, 0.25) is 5.02 Å². The summed E-state index contributed by atoms with van der Waals surface area (Å²) in [6.07, 6.45) is 0. The molecule has 5 heteroatoms. The summed E-state index contributed by atoms with van der Waals surface area (Å²) >= 11 is 9.33. The summed E-state index contributed by atoms with van der Waals surface area (Å²) in [5.41, 5.74) is 1.38. The maximum Gasteiger partial charge on any atom is 0.131 e. The highest BCUT2D eigenvalue weighted by atomic mass is 79.9. The molecule has 2 aromatic carbocycles. The number of methoxy groups -OCH3 is 1. The summed E-state index contributed by atoms with van der Waals surface area (Å²) < 4.78 is 19.6. The van der Waals surface area contributed by atoms with Gasteiger partial charge >= 0.3 is 0 Å². The molecule has 0 unspecified atom stereocenters. The molecule has 1 N–H and O–H groups in total. The Morgan fingerprint density at radius 1 is 1.26 bits per heavy atom. The Labute approximate surface area is 124 Å². The standard InChI is InChI=1S/C14H12BrClFNO/c1-19-11-4-2-9(13(17)7-11)8-18-14-6-10(16)3-5-12(14)15/h2-7,18H,8H2,1H3. The molecule has 0 aliphatic heterocycles. The van der Waals surface area contributed by atoms with Crippen LogP contribution >= 0.6 is 27.5 Å². The molecule has 0 aliphatic rings. The Hall–Kier alpha value is -1.26. The molecule has 0 radical (unpaired) electrons. The van der Waals surface area contributed by atoms with Gasteiger partial charge in [-0.3, -0.25) is 0 Å². The first kappa shape index (κ1) is 14.2. The minimum absolute atomic E-state index is 0.301. The normalized spacial score (nSPS) is 10.3. The van der Waals surface area contributed by atoms with Gasteiger partial charge in [0.15, 0.2) is 0 Å². The van der Waals surface area contributed by atoms with E-state index in [1.807, 2.05) is 6.07 Å². The molecular formula is C14H12BrClFNO. The van der Waals surface area contributed by atoms with Crippen LogP contribution in [0, 0.1) is 5.82 Å². The van der Waals surface area contributed by atoms with E-state index in [0.29, 0.717) is 22.9 Å². The van der Waals surface area contributed by atoms with Crippen molar-refractivity contribution in [3.8, 4) is 5.75 Å². The van der Waals surface area contributed by atoms with Crippen LogP contribution < -0.4 is 10.1 Å². The number of anilines is 1. The van der Waals surface area contributed by atoms with Gasteiger partial charge < -0.3 is 10.1 Å². The van der Waals surface area contributed by atoms with Gasteiger partial charge in [-0.15, -0.1) is 0 Å². The van der Waals surface area contributed by atoms with E-state index in [1.54, 1.807) is 24.3 Å². The second-order valence-corrected chi connectivity index (χ2v) is 5.23. The van der Waals surface area contributed by atoms with Crippen molar-refractivity contribution in [3.05, 3.63) is 57.3 Å². The van der Waals surface area contributed by atoms with Crippen molar-refractivity contribution in [3.63, 3.8) is 0 Å². The van der Waals surface area contributed by atoms with E-state index >= 15 is 0 Å². The lowest BCUT2D eigenvalue weighted by Crippen LogP contribution is -2.02. The molecule has 2 nitrogen and oxygen atoms in total. The predicted molar refractivity (Wildman–Crippen MR) is 79.4 cm³/mol. The fraction of sp³-hybridized carbons (Fsp3) is 0.143. The number of nitrogens with one attached hydrogen (secondary N) is 1. The van der Waals surface area contributed by atoms with Crippen molar-refractivity contribution >= 4 is 33.2 Å². The quantitative estimate of drug-likeness (QED) is 0.855. The number of benzene rings is 2. The molecule has 0 aromatic heterocycles. The van der Waals surface area contributed by atoms with Crippen LogP contribution in [0.4, 0.5) is 10.1 Å². The molecule has 0 atom stereocenters. The molecule has 0 amide bonds. The summed E-state index contributed by atoms with van der Waals surface area (Å²) in [5, 5.41) is 3.76. The minimum atomic E-state index is -0.301. The van der Waals surface area contributed by atoms with Gasteiger partial charge in [0.1, 0.15) is 11.6 Å². The van der Waals surface area contributed by atoms with Gasteiger partial charge in [-0.1, -0.05) is 17.7 Å². The Morgan fingerprint density at radius 3 is 2.74 bits per heavy atom. The predicted octanol–water partition coefficient (Wildman–Crippen LogP) is 4.86. The van der Waals surface area contributed by atoms with Crippen molar-refractivity contribution in [2.45, 2.75) is 6.54 Å². The van der Waals surface area contributed by atoms with E-state index in [1.165, 1.54) is 13.2 Å². The molecule has 0 fully saturated rings. The first-order valence-corrected chi connectivity index (χ1v) is 6.78. The second-order valence-electron chi connectivity index (χ2n) is 3.94. The maximum absolute atomic E-state index is 13.8. The average molecular weight is 345 g/mol. The molecule has 0 aliphatic carbocycles. The van der Waals surface area contributed by atoms with Crippen molar-refractivity contribution in [1.82, 2.24) is 0 Å². The Balaban J connectivity index is 2.12. The van der Waals surface area contributed by atoms with Crippen molar-refractivity contribution < 1.29 is 9.13 Å². The molecular weight excluding hydrogens is 333 g/mol. The van der Waals surface area contributed by atoms with E-state index in [4.69, 9.17) is 16.3 Å². The first-order valence-electron chi connectivity index (χ1n) is 5.61. The van der Waals surface area contributed by atoms with E-state index in [9.17, 15) is 4.39 Å². The van der Waals surface area contributed by atoms with Crippen LogP contribution in [0.1, 0.15) is 5.56 Å². The Bertz CT molecular complexity index is 592. The molecule has 0 saturated carbocycles. The lowest BCUT2D eigenvalue weighted by molar-refractivity contribution is 0.411. The van der Waals surface area contributed by atoms with Gasteiger partial charge in [-0.25, -0.2) is 4.39 Å². The number of ether oxygens (including phenoxy) is 1. The molecule has 0 spiro atoms. The Kier molecular flexibility index (Phi) is 4.66. The van der Waals surface area contributed by atoms with Gasteiger partial charge in [0.05, 0.1) is 12.8 Å². The summed E-state index contributed by atoms with van der Waals surface area (Å²) in [4.78, 5) is 0. The van der Waals surface area contributed by atoms with E-state index in [0.717, 1.165) is 10.2 Å². The lowest BCUT2D eigenvalue weighted by atomic mass is 10.2. The van der Waals surface area contributed by atoms with E-state index in [-0.39, 0.29) is 5.82 Å². The molecule has 0 bridgehead atoms. The number of hydrogen-bond acceptors (Lipinski definition) is 2. The van der Waals surface area contributed by atoms with Crippen LogP contribution in [0.25, 0.3) is 0 Å². The summed E-state index contributed by atoms with van der Waals surface area (Å²) in [7, 11) is 1.51. The van der Waals surface area contributed by atoms with Crippen molar-refractivity contribution in [2.75, 3.05) is 12.4 Å². The largest absolute Gasteiger partial charge is 0.497 e. The average Bonchev–Trinajstić information content (AvgIpc) is 2.40. The van der Waals surface area contributed by atoms with Crippen LogP contribution in [0.3, 0.4) is 0 Å². The van der Waals surface area contributed by atoms with Gasteiger partial charge in [0.2, 0.25) is 0 Å². The number of rotatable bonds is 4. The van der Waals surface area contributed by atoms with Gasteiger partial charge in [-0.05, 0) is 40.2 Å². The summed E-state index contributed by atoms with van der Waals surface area (Å²) in [6.45, 7) is 0.370. The maximum atomic E-state index is 13.8. The number of halogens is 3. The summed E-state index contributed by atoms with van der Waals surface area (Å²) in [5.74, 6) is 0.204. The van der Waals surface area contributed by atoms with Crippen molar-refractivity contribution in [1.29, 1.82) is 0 Å². The van der Waals surface area contributed by atoms with E-state index in [2.05, 4.69) is 21.2 Å². The Morgan fingerprint density at radius 2 is 2.05 bits per heavy atom. The van der Waals surface area contributed by atoms with Gasteiger partial charge in [0, 0.05) is 27.7 Å². The third-order valence-electron chi connectivity index (χ3n) is 2.66. The van der Waals surface area contributed by atoms with Crippen molar-refractivity contribution in [2.24, 2.45) is 0 Å². The zero-order valence-electron chi connectivity index (χ0n) is 10.2. The highest BCUT2D eigenvalue weighted by Crippen LogP contribution is 2.27. The van der Waals surface area contributed by atoms with Gasteiger partial charge in [0.25, 0.3) is 0 Å². The monoisotopic (exact) mass is 343 g/mol. The summed E-state index contributed by atoms with van der Waals surface area (Å²) in [6, 6.07) is 10.2. The lowest BCUT2D eigenvalue weighted by Gasteiger charge is -2.10. The third kappa shape index (κ3) is 3.61. The fourth-order valence-electron chi connectivity index (χ4n) is 1.62. The van der Waals surface area contributed by atoms with Crippen LogP contribution in [0.5, 0.6) is 5.75 Å². The van der Waals surface area contributed by atoms with Crippen LogP contribution in [-0.4, -0.2) is 7.11 Å². The second kappa shape index (κ2) is 6.26. The topological polar surface area (TPSA) is 21.3 Å². The zero-order valence-corrected chi connectivity index (χ0v) is 12.6. The molecule has 100 valence electrons. The van der Waals surface area contributed by atoms with Crippen LogP contribution in [-0.2, 0) is 6.54 Å². The molecule has 19 heavy (non-hydrogen) atoms. The minimum Gasteiger partial charge on any atom is -0.497 e. The first-order chi connectivity index (χ1) is 9.10. The van der Waals surface area contributed by atoms with Gasteiger partial charge in [-0.2, -0.15) is 0 Å². The zero-order chi connectivity index (χ0) is 13.8.